The first-order chi connectivity index (χ1) is 13.7. The van der Waals surface area contributed by atoms with Crippen LogP contribution < -0.4 is 4.90 Å². The molecule has 2 aliphatic rings. The third kappa shape index (κ3) is 4.42. The second-order valence-corrected chi connectivity index (χ2v) is 6.70. The Kier molecular flexibility index (Phi) is 5.92. The largest absolute Gasteiger partial charge is 0.416 e. The summed E-state index contributed by atoms with van der Waals surface area (Å²) in [4.78, 5) is 40.9. The van der Waals surface area contributed by atoms with Crippen LogP contribution in [0, 0.1) is 0 Å². The van der Waals surface area contributed by atoms with Crippen molar-refractivity contribution >= 4 is 23.4 Å². The Labute approximate surface area is 165 Å². The lowest BCUT2D eigenvalue weighted by molar-refractivity contribution is -0.151. The summed E-state index contributed by atoms with van der Waals surface area (Å²) in [6.45, 7) is 0.477. The molecule has 0 saturated carbocycles. The summed E-state index contributed by atoms with van der Waals surface area (Å²) in [6.07, 6.45) is -1.20. The molecule has 1 unspecified atom stereocenters. The van der Waals surface area contributed by atoms with E-state index in [9.17, 15) is 27.6 Å². The maximum atomic E-state index is 12.9. The van der Waals surface area contributed by atoms with Crippen molar-refractivity contribution in [3.63, 3.8) is 0 Å². The van der Waals surface area contributed by atoms with Crippen molar-refractivity contribution in [2.45, 2.75) is 25.1 Å². The van der Waals surface area contributed by atoms with Gasteiger partial charge in [-0.15, -0.1) is 0 Å². The minimum absolute atomic E-state index is 0.0733. The van der Waals surface area contributed by atoms with Crippen molar-refractivity contribution in [2.24, 2.45) is 0 Å². The second kappa shape index (κ2) is 8.24. The van der Waals surface area contributed by atoms with Gasteiger partial charge < -0.3 is 14.5 Å². The van der Waals surface area contributed by atoms with E-state index in [1.165, 1.54) is 30.3 Å². The first-order valence-electron chi connectivity index (χ1n) is 8.99. The lowest BCUT2D eigenvalue weighted by atomic mass is 10.1. The van der Waals surface area contributed by atoms with Crippen molar-refractivity contribution in [1.82, 2.24) is 9.80 Å². The summed E-state index contributed by atoms with van der Waals surface area (Å²) < 4.78 is 43.1. The van der Waals surface area contributed by atoms with Gasteiger partial charge in [0.15, 0.2) is 0 Å². The van der Waals surface area contributed by atoms with Crippen LogP contribution in [-0.4, -0.2) is 60.4 Å². The number of benzene rings is 1. The molecule has 1 atom stereocenters. The van der Waals surface area contributed by atoms with E-state index in [-0.39, 0.29) is 26.0 Å². The monoisotopic (exact) mass is 411 g/mol. The highest BCUT2D eigenvalue weighted by atomic mass is 19.4. The molecule has 0 aromatic heterocycles. The van der Waals surface area contributed by atoms with Crippen molar-refractivity contribution < 1.29 is 32.3 Å². The van der Waals surface area contributed by atoms with Crippen LogP contribution in [0.1, 0.15) is 18.4 Å². The van der Waals surface area contributed by atoms with Crippen LogP contribution >= 0.6 is 0 Å². The van der Waals surface area contributed by atoms with Crippen molar-refractivity contribution in [1.29, 1.82) is 0 Å². The quantitative estimate of drug-likeness (QED) is 0.694. The molecule has 3 amide bonds. The standard InChI is InChI=1S/C19H20F3N3O4/c1-29-12-15(25-16(26)6-7-17(25)27)18(28)24-10-8-23(9-11-24)14-4-2-13(3-5-14)19(20,21)22/h2-5,8,10,15H,6-7,9,11-12H2,1H3. The fourth-order valence-electron chi connectivity index (χ4n) is 3.31. The van der Waals surface area contributed by atoms with E-state index in [4.69, 9.17) is 4.74 Å². The molecule has 10 heteroatoms. The minimum Gasteiger partial charge on any atom is -0.382 e. The number of carbonyl (C=O) groups excluding carboxylic acids is 3. The Morgan fingerprint density at radius 3 is 2.17 bits per heavy atom. The number of alkyl halides is 3. The van der Waals surface area contributed by atoms with Gasteiger partial charge >= 0.3 is 6.18 Å². The van der Waals surface area contributed by atoms with Gasteiger partial charge in [-0.25, -0.2) is 0 Å². The smallest absolute Gasteiger partial charge is 0.382 e. The Bertz CT molecular complexity index is 807. The number of anilines is 1. The topological polar surface area (TPSA) is 70.2 Å². The Morgan fingerprint density at radius 1 is 1.07 bits per heavy atom. The van der Waals surface area contributed by atoms with E-state index >= 15 is 0 Å². The number of hydrogen-bond donors (Lipinski definition) is 0. The maximum absolute atomic E-state index is 12.9. The SMILES string of the molecule is COCC(C(=O)N1C=CN(c2ccc(C(F)(F)F)cc2)CC1)N1C(=O)CCC1=O. The molecule has 0 radical (unpaired) electrons. The van der Waals surface area contributed by atoms with Gasteiger partial charge in [-0.3, -0.25) is 19.3 Å². The Hall–Kier alpha value is -2.88. The molecule has 0 aliphatic carbocycles. The molecule has 0 N–H and O–H groups in total. The number of nitrogens with zero attached hydrogens (tertiary/aromatic N) is 3. The minimum atomic E-state index is -4.40. The number of likely N-dealkylation sites (tertiary alicyclic amines) is 1. The molecule has 29 heavy (non-hydrogen) atoms. The van der Waals surface area contributed by atoms with Crippen LogP contribution in [0.4, 0.5) is 18.9 Å². The summed E-state index contributed by atoms with van der Waals surface area (Å²) in [6, 6.07) is 3.68. The molecule has 1 aromatic carbocycles. The molecule has 1 aromatic rings. The lowest BCUT2D eigenvalue weighted by Gasteiger charge is -2.34. The van der Waals surface area contributed by atoms with Crippen LogP contribution in [0.15, 0.2) is 36.7 Å². The number of imide groups is 1. The number of carbonyl (C=O) groups is 3. The predicted molar refractivity (Wildman–Crippen MR) is 96.4 cm³/mol. The zero-order valence-electron chi connectivity index (χ0n) is 15.7. The fraction of sp³-hybridized carbons (Fsp3) is 0.421. The van der Waals surface area contributed by atoms with Crippen LogP contribution in [0.25, 0.3) is 0 Å². The number of rotatable bonds is 5. The number of methoxy groups -OCH3 is 1. The maximum Gasteiger partial charge on any atom is 0.416 e. The highest BCUT2D eigenvalue weighted by molar-refractivity contribution is 6.05. The second-order valence-electron chi connectivity index (χ2n) is 6.70. The zero-order chi connectivity index (χ0) is 21.2. The average Bonchev–Trinajstić information content (AvgIpc) is 3.03. The van der Waals surface area contributed by atoms with E-state index in [1.54, 1.807) is 11.1 Å². The Morgan fingerprint density at radius 2 is 1.69 bits per heavy atom. The van der Waals surface area contributed by atoms with Crippen LogP contribution in [0.2, 0.25) is 0 Å². The highest BCUT2D eigenvalue weighted by Gasteiger charge is 2.40. The van der Waals surface area contributed by atoms with Crippen LogP contribution in [0.5, 0.6) is 0 Å². The van der Waals surface area contributed by atoms with E-state index in [1.807, 2.05) is 0 Å². The van der Waals surface area contributed by atoms with Gasteiger partial charge in [0.1, 0.15) is 6.04 Å². The van der Waals surface area contributed by atoms with E-state index in [0.717, 1.165) is 17.0 Å². The zero-order valence-corrected chi connectivity index (χ0v) is 15.7. The van der Waals surface area contributed by atoms with Crippen molar-refractivity contribution in [3.05, 3.63) is 42.2 Å². The molecule has 1 fully saturated rings. The normalized spacial score (nSPS) is 18.6. The van der Waals surface area contributed by atoms with Crippen molar-refractivity contribution in [2.75, 3.05) is 31.7 Å². The Balaban J connectivity index is 1.71. The summed E-state index contributed by atoms with van der Waals surface area (Å²) in [5.74, 6) is -1.26. The first-order valence-corrected chi connectivity index (χ1v) is 8.99. The molecule has 3 rings (SSSR count). The van der Waals surface area contributed by atoms with Gasteiger partial charge in [0, 0.05) is 51.1 Å². The molecule has 2 heterocycles. The number of ether oxygens (including phenoxy) is 1. The average molecular weight is 411 g/mol. The molecule has 156 valence electrons. The fourth-order valence-corrected chi connectivity index (χ4v) is 3.31. The number of halogens is 3. The van der Waals surface area contributed by atoms with Crippen LogP contribution in [0.3, 0.4) is 0 Å². The van der Waals surface area contributed by atoms with E-state index in [0.29, 0.717) is 12.2 Å². The molecule has 2 aliphatic heterocycles. The van der Waals surface area contributed by atoms with E-state index < -0.39 is 35.5 Å². The van der Waals surface area contributed by atoms with Gasteiger partial charge in [-0.1, -0.05) is 0 Å². The summed E-state index contributed by atoms with van der Waals surface area (Å²) in [7, 11) is 1.38. The summed E-state index contributed by atoms with van der Waals surface area (Å²) in [5, 5.41) is 0. The van der Waals surface area contributed by atoms with Gasteiger partial charge in [0.05, 0.1) is 12.2 Å². The van der Waals surface area contributed by atoms with Crippen molar-refractivity contribution in [3.8, 4) is 0 Å². The van der Waals surface area contributed by atoms with E-state index in [2.05, 4.69) is 0 Å². The van der Waals surface area contributed by atoms with Gasteiger partial charge in [-0.2, -0.15) is 13.2 Å². The molecular weight excluding hydrogens is 391 g/mol. The van der Waals surface area contributed by atoms with Crippen LogP contribution in [-0.2, 0) is 25.3 Å². The molecule has 7 nitrogen and oxygen atoms in total. The molecule has 0 bridgehead atoms. The summed E-state index contributed by atoms with van der Waals surface area (Å²) >= 11 is 0. The molecule has 1 saturated heterocycles. The predicted octanol–water partition coefficient (Wildman–Crippen LogP) is 1.99. The third-order valence-corrected chi connectivity index (χ3v) is 4.83. The highest BCUT2D eigenvalue weighted by Crippen LogP contribution is 2.31. The lowest BCUT2D eigenvalue weighted by Crippen LogP contribution is -2.53. The van der Waals surface area contributed by atoms with Gasteiger partial charge in [0.2, 0.25) is 11.8 Å². The number of hydrogen-bond acceptors (Lipinski definition) is 5. The number of amides is 3. The molecular formula is C19H20F3N3O4. The van der Waals surface area contributed by atoms with Gasteiger partial charge in [-0.05, 0) is 24.3 Å². The third-order valence-electron chi connectivity index (χ3n) is 4.83. The summed E-state index contributed by atoms with van der Waals surface area (Å²) in [5.41, 5.74) is -0.180. The molecule has 0 spiro atoms. The first kappa shape index (κ1) is 20.8. The van der Waals surface area contributed by atoms with Gasteiger partial charge in [0.25, 0.3) is 5.91 Å².